The van der Waals surface area contributed by atoms with Gasteiger partial charge in [-0.3, -0.25) is 4.79 Å². The number of hydrogen-bond acceptors (Lipinski definition) is 2. The van der Waals surface area contributed by atoms with Crippen molar-refractivity contribution >= 4 is 17.7 Å². The zero-order chi connectivity index (χ0) is 15.0. The van der Waals surface area contributed by atoms with Gasteiger partial charge in [0.1, 0.15) is 0 Å². The molecule has 0 saturated carbocycles. The van der Waals surface area contributed by atoms with Crippen LogP contribution in [-0.4, -0.2) is 23.1 Å². The summed E-state index contributed by atoms with van der Waals surface area (Å²) < 4.78 is 0. The average molecular weight is 278 g/mol. The molecule has 1 aromatic rings. The van der Waals surface area contributed by atoms with Gasteiger partial charge in [-0.2, -0.15) is 0 Å². The number of carboxylic acids is 1. The van der Waals surface area contributed by atoms with E-state index in [1.54, 1.807) is 0 Å². The SMILES string of the molecule is CCCc1ccc(NC(=O)NC(CC)CC(=O)O)cc1. The fourth-order valence-corrected chi connectivity index (χ4v) is 1.90. The number of aliphatic carboxylic acids is 1. The number of carbonyl (C=O) groups excluding carboxylic acids is 1. The summed E-state index contributed by atoms with van der Waals surface area (Å²) in [5.41, 5.74) is 1.93. The summed E-state index contributed by atoms with van der Waals surface area (Å²) in [5, 5.41) is 14.1. The number of carbonyl (C=O) groups is 2. The first-order valence-electron chi connectivity index (χ1n) is 6.93. The van der Waals surface area contributed by atoms with Crippen LogP contribution in [0, 0.1) is 0 Å². The molecule has 0 saturated heterocycles. The van der Waals surface area contributed by atoms with Crippen molar-refractivity contribution in [1.82, 2.24) is 5.32 Å². The highest BCUT2D eigenvalue weighted by Crippen LogP contribution is 2.11. The summed E-state index contributed by atoms with van der Waals surface area (Å²) in [6.45, 7) is 3.96. The lowest BCUT2D eigenvalue weighted by Gasteiger charge is -2.15. The maximum Gasteiger partial charge on any atom is 0.319 e. The van der Waals surface area contributed by atoms with Crippen molar-refractivity contribution in [3.05, 3.63) is 29.8 Å². The van der Waals surface area contributed by atoms with Crippen LogP contribution in [0.15, 0.2) is 24.3 Å². The van der Waals surface area contributed by atoms with Gasteiger partial charge in [0.15, 0.2) is 0 Å². The van der Waals surface area contributed by atoms with Crippen molar-refractivity contribution in [3.63, 3.8) is 0 Å². The molecule has 1 rings (SSSR count). The zero-order valence-corrected chi connectivity index (χ0v) is 12.0. The molecule has 0 aromatic heterocycles. The molecular weight excluding hydrogens is 256 g/mol. The predicted molar refractivity (Wildman–Crippen MR) is 78.9 cm³/mol. The molecule has 1 atom stereocenters. The number of rotatable bonds is 7. The molecule has 2 amide bonds. The fraction of sp³-hybridized carbons (Fsp3) is 0.467. The van der Waals surface area contributed by atoms with Gasteiger partial charge < -0.3 is 15.7 Å². The summed E-state index contributed by atoms with van der Waals surface area (Å²) in [6, 6.07) is 6.93. The van der Waals surface area contributed by atoms with Crippen LogP contribution in [0.2, 0.25) is 0 Å². The topological polar surface area (TPSA) is 78.4 Å². The number of carboxylic acid groups (broad SMARTS) is 1. The van der Waals surface area contributed by atoms with E-state index < -0.39 is 5.97 Å². The first-order chi connectivity index (χ1) is 9.55. The standard InChI is InChI=1S/C15H22N2O3/c1-3-5-11-6-8-13(9-7-11)17-15(20)16-12(4-2)10-14(18)19/h6-9,12H,3-5,10H2,1-2H3,(H,18,19)(H2,16,17,20). The van der Waals surface area contributed by atoms with E-state index in [1.807, 2.05) is 31.2 Å². The van der Waals surface area contributed by atoms with Gasteiger partial charge in [-0.25, -0.2) is 4.79 Å². The molecule has 1 aromatic carbocycles. The molecule has 110 valence electrons. The number of urea groups is 1. The number of anilines is 1. The molecule has 5 heteroatoms. The number of nitrogens with one attached hydrogen (secondary N) is 2. The van der Waals surface area contributed by atoms with Gasteiger partial charge in [0.05, 0.1) is 6.42 Å². The molecule has 0 aliphatic rings. The summed E-state index contributed by atoms with van der Waals surface area (Å²) in [5.74, 6) is -0.916. The lowest BCUT2D eigenvalue weighted by Crippen LogP contribution is -2.38. The van der Waals surface area contributed by atoms with Crippen molar-refractivity contribution in [3.8, 4) is 0 Å². The highest BCUT2D eigenvalue weighted by molar-refractivity contribution is 5.89. The Kier molecular flexibility index (Phi) is 6.56. The van der Waals surface area contributed by atoms with Gasteiger partial charge in [-0.05, 0) is 30.5 Å². The van der Waals surface area contributed by atoms with E-state index in [0.29, 0.717) is 12.1 Å². The number of benzene rings is 1. The van der Waals surface area contributed by atoms with Crippen LogP contribution in [-0.2, 0) is 11.2 Å². The zero-order valence-electron chi connectivity index (χ0n) is 12.0. The van der Waals surface area contributed by atoms with Crippen LogP contribution in [0.1, 0.15) is 38.7 Å². The quantitative estimate of drug-likeness (QED) is 0.717. The largest absolute Gasteiger partial charge is 0.481 e. The molecule has 0 bridgehead atoms. The van der Waals surface area contributed by atoms with Crippen molar-refractivity contribution in [2.45, 2.75) is 45.6 Å². The van der Waals surface area contributed by atoms with Gasteiger partial charge >= 0.3 is 12.0 Å². The molecule has 5 nitrogen and oxygen atoms in total. The highest BCUT2D eigenvalue weighted by atomic mass is 16.4. The molecule has 0 spiro atoms. The average Bonchev–Trinajstić information content (AvgIpc) is 2.40. The van der Waals surface area contributed by atoms with Gasteiger partial charge in [-0.1, -0.05) is 32.4 Å². The van der Waals surface area contributed by atoms with Gasteiger partial charge in [0.2, 0.25) is 0 Å². The smallest absolute Gasteiger partial charge is 0.319 e. The van der Waals surface area contributed by atoms with Crippen molar-refractivity contribution in [2.24, 2.45) is 0 Å². The van der Waals surface area contributed by atoms with E-state index in [9.17, 15) is 9.59 Å². The van der Waals surface area contributed by atoms with Crippen LogP contribution in [0.4, 0.5) is 10.5 Å². The molecule has 0 radical (unpaired) electrons. The second kappa shape index (κ2) is 8.19. The van der Waals surface area contributed by atoms with E-state index in [0.717, 1.165) is 12.8 Å². The van der Waals surface area contributed by atoms with Gasteiger partial charge in [0, 0.05) is 11.7 Å². The Morgan fingerprint density at radius 1 is 1.20 bits per heavy atom. The minimum Gasteiger partial charge on any atom is -0.481 e. The molecule has 0 fully saturated rings. The summed E-state index contributed by atoms with van der Waals surface area (Å²) in [6.07, 6.45) is 2.61. The van der Waals surface area contributed by atoms with Crippen molar-refractivity contribution in [2.75, 3.05) is 5.32 Å². The molecule has 3 N–H and O–H groups in total. The second-order valence-electron chi connectivity index (χ2n) is 4.75. The Morgan fingerprint density at radius 3 is 2.35 bits per heavy atom. The van der Waals surface area contributed by atoms with Crippen molar-refractivity contribution in [1.29, 1.82) is 0 Å². The summed E-state index contributed by atoms with van der Waals surface area (Å²) in [4.78, 5) is 22.4. The minimum atomic E-state index is -0.916. The van der Waals surface area contributed by atoms with E-state index >= 15 is 0 Å². The van der Waals surface area contributed by atoms with Crippen LogP contribution in [0.25, 0.3) is 0 Å². The van der Waals surface area contributed by atoms with Crippen molar-refractivity contribution < 1.29 is 14.7 Å². The molecule has 0 aliphatic heterocycles. The van der Waals surface area contributed by atoms with E-state index in [4.69, 9.17) is 5.11 Å². The highest BCUT2D eigenvalue weighted by Gasteiger charge is 2.13. The Morgan fingerprint density at radius 2 is 1.85 bits per heavy atom. The molecule has 20 heavy (non-hydrogen) atoms. The third kappa shape index (κ3) is 5.73. The Balaban J connectivity index is 2.50. The lowest BCUT2D eigenvalue weighted by atomic mass is 10.1. The van der Waals surface area contributed by atoms with Gasteiger partial charge in [-0.15, -0.1) is 0 Å². The Hall–Kier alpha value is -2.04. The third-order valence-corrected chi connectivity index (χ3v) is 3.00. The van der Waals surface area contributed by atoms with Crippen LogP contribution >= 0.6 is 0 Å². The number of aryl methyl sites for hydroxylation is 1. The molecular formula is C15H22N2O3. The first kappa shape index (κ1) is 16.0. The minimum absolute atomic E-state index is 0.0701. The van der Waals surface area contributed by atoms with Crippen LogP contribution in [0.5, 0.6) is 0 Å². The lowest BCUT2D eigenvalue weighted by molar-refractivity contribution is -0.137. The Labute approximate surface area is 119 Å². The maximum absolute atomic E-state index is 11.8. The maximum atomic E-state index is 11.8. The normalized spacial score (nSPS) is 11.7. The number of amides is 2. The van der Waals surface area contributed by atoms with E-state index in [1.165, 1.54) is 5.56 Å². The molecule has 0 heterocycles. The van der Waals surface area contributed by atoms with Gasteiger partial charge in [0.25, 0.3) is 0 Å². The molecule has 1 unspecified atom stereocenters. The summed E-state index contributed by atoms with van der Waals surface area (Å²) in [7, 11) is 0. The van der Waals surface area contributed by atoms with Crippen LogP contribution < -0.4 is 10.6 Å². The first-order valence-corrected chi connectivity index (χ1v) is 6.93. The second-order valence-corrected chi connectivity index (χ2v) is 4.75. The molecule has 0 aliphatic carbocycles. The van der Waals surface area contributed by atoms with Crippen LogP contribution in [0.3, 0.4) is 0 Å². The number of hydrogen-bond donors (Lipinski definition) is 3. The monoisotopic (exact) mass is 278 g/mol. The summed E-state index contributed by atoms with van der Waals surface area (Å²) >= 11 is 0. The third-order valence-electron chi connectivity index (χ3n) is 3.00. The Bertz CT molecular complexity index is 443. The predicted octanol–water partition coefficient (Wildman–Crippen LogP) is 3.01. The van der Waals surface area contributed by atoms with E-state index in [2.05, 4.69) is 17.6 Å². The van der Waals surface area contributed by atoms with E-state index in [-0.39, 0.29) is 18.5 Å². The fourth-order valence-electron chi connectivity index (χ4n) is 1.90.